The zero-order valence-corrected chi connectivity index (χ0v) is 18.1. The van der Waals surface area contributed by atoms with Gasteiger partial charge in [0.05, 0.1) is 17.4 Å². The number of carboxylic acid groups (broad SMARTS) is 1. The number of hydrogen-bond donors (Lipinski definition) is 2. The van der Waals surface area contributed by atoms with Gasteiger partial charge in [0.25, 0.3) is 5.56 Å². The Balaban J connectivity index is 1.47. The van der Waals surface area contributed by atoms with E-state index in [0.29, 0.717) is 33.0 Å². The van der Waals surface area contributed by atoms with Gasteiger partial charge < -0.3 is 14.9 Å². The number of ether oxygens (including phenoxy) is 1. The van der Waals surface area contributed by atoms with Gasteiger partial charge in [0, 0.05) is 11.6 Å². The number of aryl methyl sites for hydroxylation is 1. The lowest BCUT2D eigenvalue weighted by Crippen LogP contribution is -2.29. The third-order valence-corrected chi connectivity index (χ3v) is 5.47. The number of aliphatic hydroxyl groups excluding tert-OH is 1. The van der Waals surface area contributed by atoms with Crippen LogP contribution in [-0.2, 0) is 11.3 Å². The summed E-state index contributed by atoms with van der Waals surface area (Å²) in [6, 6.07) is 20.2. The number of halogens is 1. The number of carbonyl (C=O) groups is 1. The Morgan fingerprint density at radius 1 is 1.03 bits per heavy atom. The van der Waals surface area contributed by atoms with E-state index >= 15 is 0 Å². The van der Waals surface area contributed by atoms with E-state index in [1.807, 2.05) is 0 Å². The quantitative estimate of drug-likeness (QED) is 0.403. The lowest BCUT2D eigenvalue weighted by molar-refractivity contribution is -0.146. The van der Waals surface area contributed by atoms with Gasteiger partial charge in [0.15, 0.2) is 0 Å². The minimum atomic E-state index is -1.29. The van der Waals surface area contributed by atoms with Crippen LogP contribution < -0.4 is 10.3 Å². The molecule has 168 valence electrons. The van der Waals surface area contributed by atoms with Crippen LogP contribution in [0.4, 0.5) is 0 Å². The summed E-state index contributed by atoms with van der Waals surface area (Å²) in [6.07, 6.45) is -1.30. The lowest BCUT2D eigenvalue weighted by atomic mass is 9.93. The van der Waals surface area contributed by atoms with Gasteiger partial charge in [-0.1, -0.05) is 47.1 Å². The summed E-state index contributed by atoms with van der Waals surface area (Å²) in [6.45, 7) is 0.000650. The summed E-state index contributed by atoms with van der Waals surface area (Å²) in [5.74, 6) is -1.26. The largest absolute Gasteiger partial charge is 0.481 e. The number of rotatable bonds is 8. The van der Waals surface area contributed by atoms with Gasteiger partial charge in [0.1, 0.15) is 17.0 Å². The number of benzene rings is 3. The summed E-state index contributed by atoms with van der Waals surface area (Å²) >= 11 is 5.96. The molecule has 0 aliphatic heterocycles. The van der Waals surface area contributed by atoms with Gasteiger partial charge in [-0.2, -0.15) is 0 Å². The second-order valence-corrected chi connectivity index (χ2v) is 7.88. The van der Waals surface area contributed by atoms with Gasteiger partial charge >= 0.3 is 5.97 Å². The maximum Gasteiger partial charge on any atom is 0.309 e. The molecule has 0 bridgehead atoms. The van der Waals surface area contributed by atoms with E-state index in [-0.39, 0.29) is 18.5 Å². The number of carboxylic acids is 1. The second-order valence-electron chi connectivity index (χ2n) is 7.44. The minimum absolute atomic E-state index is 0.000650. The predicted octanol–water partition coefficient (Wildman–Crippen LogP) is 4.06. The average Bonchev–Trinajstić information content (AvgIpc) is 2.81. The molecule has 3 aromatic carbocycles. The van der Waals surface area contributed by atoms with Crippen molar-refractivity contribution >= 4 is 28.5 Å². The highest BCUT2D eigenvalue weighted by Crippen LogP contribution is 2.29. The Kier molecular flexibility index (Phi) is 6.67. The van der Waals surface area contributed by atoms with E-state index in [1.165, 1.54) is 0 Å². The maximum atomic E-state index is 12.6. The van der Waals surface area contributed by atoms with Crippen LogP contribution in [0.2, 0.25) is 5.02 Å². The first-order valence-electron chi connectivity index (χ1n) is 10.2. The van der Waals surface area contributed by atoms with Crippen molar-refractivity contribution < 1.29 is 19.7 Å². The van der Waals surface area contributed by atoms with Gasteiger partial charge in [-0.3, -0.25) is 9.59 Å². The molecule has 4 aromatic rings. The molecular weight excluding hydrogens is 446 g/mol. The van der Waals surface area contributed by atoms with Crippen LogP contribution in [0.25, 0.3) is 10.9 Å². The molecule has 0 unspecified atom stereocenters. The number of aliphatic hydroxyl groups is 1. The first-order valence-corrected chi connectivity index (χ1v) is 10.6. The summed E-state index contributed by atoms with van der Waals surface area (Å²) in [4.78, 5) is 24.4. The van der Waals surface area contributed by atoms with Crippen molar-refractivity contribution in [3.8, 4) is 11.5 Å². The minimum Gasteiger partial charge on any atom is -0.481 e. The number of nitrogens with zero attached hydrogens (tertiary/aromatic N) is 3. The van der Waals surface area contributed by atoms with E-state index in [2.05, 4.69) is 10.3 Å². The fourth-order valence-electron chi connectivity index (χ4n) is 3.48. The highest BCUT2D eigenvalue weighted by atomic mass is 35.5. The second kappa shape index (κ2) is 9.81. The molecule has 2 N–H and O–H groups in total. The molecule has 0 radical (unpaired) electrons. The average molecular weight is 466 g/mol. The molecule has 0 amide bonds. The van der Waals surface area contributed by atoms with Crippen molar-refractivity contribution in [3.05, 3.63) is 93.7 Å². The Labute approximate surface area is 193 Å². The summed E-state index contributed by atoms with van der Waals surface area (Å²) < 4.78 is 6.84. The smallest absolute Gasteiger partial charge is 0.309 e. The van der Waals surface area contributed by atoms with Crippen LogP contribution in [0, 0.1) is 5.92 Å². The third-order valence-electron chi connectivity index (χ3n) is 5.23. The van der Waals surface area contributed by atoms with Crippen molar-refractivity contribution in [1.29, 1.82) is 0 Å². The highest BCUT2D eigenvalue weighted by molar-refractivity contribution is 6.30. The maximum absolute atomic E-state index is 12.6. The molecule has 4 rings (SSSR count). The van der Waals surface area contributed by atoms with Crippen LogP contribution in [0.1, 0.15) is 18.1 Å². The zero-order valence-electron chi connectivity index (χ0n) is 17.3. The van der Waals surface area contributed by atoms with Crippen molar-refractivity contribution in [2.75, 3.05) is 0 Å². The SMILES string of the molecule is O=C(O)[C@@H](CCn1nnc2ccccc2c1=O)[C@H](O)c1ccc(Oc2cccc(Cl)c2)cc1. The van der Waals surface area contributed by atoms with Crippen molar-refractivity contribution in [1.82, 2.24) is 15.0 Å². The lowest BCUT2D eigenvalue weighted by Gasteiger charge is -2.20. The summed E-state index contributed by atoms with van der Waals surface area (Å²) in [5.41, 5.74) is 0.521. The third kappa shape index (κ3) is 5.19. The van der Waals surface area contributed by atoms with Gasteiger partial charge in [-0.05, 0) is 54.4 Å². The van der Waals surface area contributed by atoms with Crippen molar-refractivity contribution in [3.63, 3.8) is 0 Å². The number of fused-ring (bicyclic) bond motifs is 1. The standard InChI is InChI=1S/C24H20ClN3O5/c25-16-4-3-5-18(14-16)33-17-10-8-15(9-11-17)22(29)20(24(31)32)12-13-28-23(30)19-6-1-2-7-21(19)26-27-28/h1-11,14,20,22,29H,12-13H2,(H,31,32)/t20-,22+/m0/s1. The normalized spacial score (nSPS) is 12.9. The predicted molar refractivity (Wildman–Crippen MR) is 122 cm³/mol. The first kappa shape index (κ1) is 22.4. The molecule has 8 nitrogen and oxygen atoms in total. The van der Waals surface area contributed by atoms with Crippen LogP contribution in [-0.4, -0.2) is 31.2 Å². The van der Waals surface area contributed by atoms with Gasteiger partial charge in [-0.25, -0.2) is 4.68 Å². The van der Waals surface area contributed by atoms with Crippen molar-refractivity contribution in [2.45, 2.75) is 19.1 Å². The monoisotopic (exact) mass is 465 g/mol. The molecule has 9 heteroatoms. The van der Waals surface area contributed by atoms with Crippen LogP contribution in [0.5, 0.6) is 11.5 Å². The fourth-order valence-corrected chi connectivity index (χ4v) is 3.66. The van der Waals surface area contributed by atoms with E-state index < -0.39 is 18.0 Å². The Morgan fingerprint density at radius 3 is 2.52 bits per heavy atom. The fraction of sp³-hybridized carbons (Fsp3) is 0.167. The van der Waals surface area contributed by atoms with E-state index in [0.717, 1.165) is 4.68 Å². The number of aliphatic carboxylic acids is 1. The topological polar surface area (TPSA) is 115 Å². The first-order chi connectivity index (χ1) is 15.9. The molecule has 0 aliphatic carbocycles. The Bertz CT molecular complexity index is 1340. The van der Waals surface area contributed by atoms with Gasteiger partial charge in [-0.15, -0.1) is 5.10 Å². The Hall–Kier alpha value is -3.75. The molecule has 1 heterocycles. The van der Waals surface area contributed by atoms with Crippen LogP contribution in [0.15, 0.2) is 77.6 Å². The highest BCUT2D eigenvalue weighted by Gasteiger charge is 2.28. The Morgan fingerprint density at radius 2 is 1.79 bits per heavy atom. The molecule has 1 aromatic heterocycles. The van der Waals surface area contributed by atoms with Crippen LogP contribution in [0.3, 0.4) is 0 Å². The summed E-state index contributed by atoms with van der Waals surface area (Å²) in [5, 5.41) is 29.2. The number of hydrogen-bond acceptors (Lipinski definition) is 6. The van der Waals surface area contributed by atoms with Crippen LogP contribution >= 0.6 is 11.6 Å². The molecule has 0 spiro atoms. The van der Waals surface area contributed by atoms with E-state index in [9.17, 15) is 19.8 Å². The molecule has 2 atom stereocenters. The van der Waals surface area contributed by atoms with Gasteiger partial charge in [0.2, 0.25) is 0 Å². The molecule has 0 saturated heterocycles. The zero-order chi connectivity index (χ0) is 23.4. The molecule has 0 saturated carbocycles. The van der Waals surface area contributed by atoms with E-state index in [4.69, 9.17) is 16.3 Å². The van der Waals surface area contributed by atoms with Crippen molar-refractivity contribution in [2.24, 2.45) is 5.92 Å². The summed E-state index contributed by atoms with van der Waals surface area (Å²) in [7, 11) is 0. The molecular formula is C24H20ClN3O5. The molecule has 0 fully saturated rings. The molecule has 0 aliphatic rings. The number of aromatic nitrogens is 3. The molecule has 33 heavy (non-hydrogen) atoms. The van der Waals surface area contributed by atoms with E-state index in [1.54, 1.807) is 72.8 Å².